The standard InChI is InChI=1S/C9H15Cl2NO/c1-2-7(13)5-12-4-3-8(10)9(11)6-12/h7,13H,2-6H2,1H3. The van der Waals surface area contributed by atoms with Crippen LogP contribution >= 0.6 is 23.2 Å². The monoisotopic (exact) mass is 223 g/mol. The van der Waals surface area contributed by atoms with Gasteiger partial charge in [-0.15, -0.1) is 0 Å². The Morgan fingerprint density at radius 1 is 1.46 bits per heavy atom. The van der Waals surface area contributed by atoms with Gasteiger partial charge in [0.25, 0.3) is 0 Å². The Labute approximate surface area is 89.1 Å². The number of nitrogens with zero attached hydrogens (tertiary/aromatic N) is 1. The van der Waals surface area contributed by atoms with Crippen molar-refractivity contribution in [2.75, 3.05) is 19.6 Å². The number of hydrogen-bond donors (Lipinski definition) is 1. The molecule has 2 nitrogen and oxygen atoms in total. The molecule has 1 heterocycles. The van der Waals surface area contributed by atoms with Crippen molar-refractivity contribution in [2.24, 2.45) is 0 Å². The highest BCUT2D eigenvalue weighted by Crippen LogP contribution is 2.23. The van der Waals surface area contributed by atoms with Crippen LogP contribution in [0.5, 0.6) is 0 Å². The Kier molecular flexibility index (Phi) is 4.53. The van der Waals surface area contributed by atoms with E-state index in [0.29, 0.717) is 13.1 Å². The molecule has 0 aromatic carbocycles. The van der Waals surface area contributed by atoms with Crippen LogP contribution in [0.15, 0.2) is 10.1 Å². The van der Waals surface area contributed by atoms with Crippen LogP contribution in [0, 0.1) is 0 Å². The third kappa shape index (κ3) is 3.47. The Hall–Kier alpha value is 0.240. The summed E-state index contributed by atoms with van der Waals surface area (Å²) >= 11 is 11.8. The van der Waals surface area contributed by atoms with E-state index < -0.39 is 0 Å². The lowest BCUT2D eigenvalue weighted by Crippen LogP contribution is -2.36. The first-order valence-corrected chi connectivity index (χ1v) is 5.32. The summed E-state index contributed by atoms with van der Waals surface area (Å²) in [6.45, 7) is 4.24. The summed E-state index contributed by atoms with van der Waals surface area (Å²) in [7, 11) is 0. The number of rotatable bonds is 3. The largest absolute Gasteiger partial charge is 0.392 e. The highest BCUT2D eigenvalue weighted by molar-refractivity contribution is 6.39. The van der Waals surface area contributed by atoms with Gasteiger partial charge >= 0.3 is 0 Å². The van der Waals surface area contributed by atoms with Crippen molar-refractivity contribution in [1.82, 2.24) is 4.90 Å². The van der Waals surface area contributed by atoms with E-state index in [2.05, 4.69) is 4.90 Å². The van der Waals surface area contributed by atoms with Crippen molar-refractivity contribution < 1.29 is 5.11 Å². The molecule has 1 rings (SSSR count). The quantitative estimate of drug-likeness (QED) is 0.793. The maximum atomic E-state index is 9.43. The fraction of sp³-hybridized carbons (Fsp3) is 0.778. The second-order valence-corrected chi connectivity index (χ2v) is 4.27. The van der Waals surface area contributed by atoms with E-state index in [1.54, 1.807) is 0 Å². The Morgan fingerprint density at radius 2 is 2.15 bits per heavy atom. The van der Waals surface area contributed by atoms with Crippen molar-refractivity contribution in [3.8, 4) is 0 Å². The topological polar surface area (TPSA) is 23.5 Å². The molecule has 0 fully saturated rings. The maximum absolute atomic E-state index is 9.43. The number of hydrogen-bond acceptors (Lipinski definition) is 2. The van der Waals surface area contributed by atoms with E-state index in [9.17, 15) is 5.11 Å². The van der Waals surface area contributed by atoms with Gasteiger partial charge in [-0.2, -0.15) is 0 Å². The molecule has 0 aliphatic carbocycles. The summed E-state index contributed by atoms with van der Waals surface area (Å²) in [4.78, 5) is 2.13. The van der Waals surface area contributed by atoms with Crippen molar-refractivity contribution in [2.45, 2.75) is 25.9 Å². The lowest BCUT2D eigenvalue weighted by Gasteiger charge is -2.28. The van der Waals surface area contributed by atoms with Crippen LogP contribution in [-0.4, -0.2) is 35.7 Å². The van der Waals surface area contributed by atoms with E-state index in [-0.39, 0.29) is 6.10 Å². The molecule has 0 aromatic heterocycles. The second-order valence-electron chi connectivity index (χ2n) is 3.36. The molecule has 13 heavy (non-hydrogen) atoms. The molecule has 1 aliphatic heterocycles. The molecule has 4 heteroatoms. The summed E-state index contributed by atoms with van der Waals surface area (Å²) in [6, 6.07) is 0. The molecule has 0 saturated carbocycles. The molecular weight excluding hydrogens is 209 g/mol. The summed E-state index contributed by atoms with van der Waals surface area (Å²) in [6.07, 6.45) is 1.34. The molecule has 0 spiro atoms. The van der Waals surface area contributed by atoms with Crippen LogP contribution in [0.1, 0.15) is 19.8 Å². The van der Waals surface area contributed by atoms with Gasteiger partial charge in [-0.1, -0.05) is 30.1 Å². The smallest absolute Gasteiger partial charge is 0.0664 e. The normalized spacial score (nSPS) is 22.2. The first kappa shape index (κ1) is 11.3. The summed E-state index contributed by atoms with van der Waals surface area (Å²) in [5, 5.41) is 10.9. The molecule has 1 atom stereocenters. The van der Waals surface area contributed by atoms with Gasteiger partial charge in [-0.3, -0.25) is 4.90 Å². The Bertz CT molecular complexity index is 206. The van der Waals surface area contributed by atoms with Gasteiger partial charge in [0.2, 0.25) is 0 Å². The number of halogens is 2. The van der Waals surface area contributed by atoms with Crippen LogP contribution < -0.4 is 0 Å². The van der Waals surface area contributed by atoms with E-state index in [4.69, 9.17) is 23.2 Å². The zero-order chi connectivity index (χ0) is 9.84. The number of aliphatic hydroxyl groups is 1. The van der Waals surface area contributed by atoms with E-state index in [0.717, 1.165) is 29.5 Å². The van der Waals surface area contributed by atoms with Crippen molar-refractivity contribution in [3.63, 3.8) is 0 Å². The lowest BCUT2D eigenvalue weighted by atomic mass is 10.2. The van der Waals surface area contributed by atoms with Crippen LogP contribution in [0.3, 0.4) is 0 Å². The average molecular weight is 224 g/mol. The van der Waals surface area contributed by atoms with Gasteiger partial charge in [0.05, 0.1) is 6.10 Å². The summed E-state index contributed by atoms with van der Waals surface area (Å²) < 4.78 is 0. The molecule has 0 bridgehead atoms. The Balaban J connectivity index is 2.40. The highest BCUT2D eigenvalue weighted by Gasteiger charge is 2.17. The van der Waals surface area contributed by atoms with Crippen LogP contribution in [-0.2, 0) is 0 Å². The minimum absolute atomic E-state index is 0.249. The van der Waals surface area contributed by atoms with Gasteiger partial charge in [-0.25, -0.2) is 0 Å². The summed E-state index contributed by atoms with van der Waals surface area (Å²) in [5.41, 5.74) is 0. The molecule has 0 amide bonds. The minimum atomic E-state index is -0.249. The van der Waals surface area contributed by atoms with Crippen LogP contribution in [0.2, 0.25) is 0 Å². The van der Waals surface area contributed by atoms with Gasteiger partial charge in [0, 0.05) is 29.7 Å². The second kappa shape index (κ2) is 5.20. The zero-order valence-electron chi connectivity index (χ0n) is 7.76. The fourth-order valence-corrected chi connectivity index (χ4v) is 1.74. The van der Waals surface area contributed by atoms with E-state index in [1.807, 2.05) is 6.92 Å². The molecular formula is C9H15Cl2NO. The first-order chi connectivity index (χ1) is 6.13. The van der Waals surface area contributed by atoms with Crippen molar-refractivity contribution in [3.05, 3.63) is 10.1 Å². The van der Waals surface area contributed by atoms with E-state index >= 15 is 0 Å². The Morgan fingerprint density at radius 3 is 2.69 bits per heavy atom. The fourth-order valence-electron chi connectivity index (χ4n) is 1.34. The molecule has 0 aromatic rings. The molecule has 1 N–H and O–H groups in total. The zero-order valence-corrected chi connectivity index (χ0v) is 9.28. The first-order valence-electron chi connectivity index (χ1n) is 4.57. The van der Waals surface area contributed by atoms with Crippen molar-refractivity contribution in [1.29, 1.82) is 0 Å². The highest BCUT2D eigenvalue weighted by atomic mass is 35.5. The third-order valence-electron chi connectivity index (χ3n) is 2.24. The molecule has 1 unspecified atom stereocenters. The SMILES string of the molecule is CCC(O)CN1CCC(Cl)=C(Cl)C1. The van der Waals surface area contributed by atoms with Gasteiger partial charge < -0.3 is 5.11 Å². The molecule has 0 saturated heterocycles. The average Bonchev–Trinajstić information content (AvgIpc) is 2.11. The number of β-amino-alcohol motifs (C(OH)–C–C–N with tert-alkyl or cyclic N) is 1. The molecule has 0 radical (unpaired) electrons. The predicted molar refractivity (Wildman–Crippen MR) is 56.1 cm³/mol. The predicted octanol–water partition coefficient (Wildman–Crippen LogP) is 2.15. The van der Waals surface area contributed by atoms with Gasteiger partial charge in [0.15, 0.2) is 0 Å². The van der Waals surface area contributed by atoms with Crippen LogP contribution in [0.4, 0.5) is 0 Å². The molecule has 76 valence electrons. The third-order valence-corrected chi connectivity index (χ3v) is 3.11. The lowest BCUT2D eigenvalue weighted by molar-refractivity contribution is 0.113. The maximum Gasteiger partial charge on any atom is 0.0664 e. The molecule has 1 aliphatic rings. The van der Waals surface area contributed by atoms with Gasteiger partial charge in [-0.05, 0) is 12.8 Å². The van der Waals surface area contributed by atoms with Crippen LogP contribution in [0.25, 0.3) is 0 Å². The minimum Gasteiger partial charge on any atom is -0.392 e. The number of aliphatic hydroxyl groups excluding tert-OH is 1. The van der Waals surface area contributed by atoms with Crippen molar-refractivity contribution >= 4 is 23.2 Å². The van der Waals surface area contributed by atoms with Gasteiger partial charge in [0.1, 0.15) is 0 Å². The summed E-state index contributed by atoms with van der Waals surface area (Å²) in [5.74, 6) is 0. The van der Waals surface area contributed by atoms with E-state index in [1.165, 1.54) is 0 Å².